The highest BCUT2D eigenvalue weighted by atomic mass is 35.5. The highest BCUT2D eigenvalue weighted by Gasteiger charge is 2.39. The predicted molar refractivity (Wildman–Crippen MR) is 115 cm³/mol. The summed E-state index contributed by atoms with van der Waals surface area (Å²) in [6.07, 6.45) is 10.6. The first kappa shape index (κ1) is 21.6. The van der Waals surface area contributed by atoms with E-state index >= 15 is 0 Å². The summed E-state index contributed by atoms with van der Waals surface area (Å²) in [5, 5.41) is 16.2. The van der Waals surface area contributed by atoms with Gasteiger partial charge in [-0.05, 0) is 74.6 Å². The van der Waals surface area contributed by atoms with Gasteiger partial charge in [0, 0.05) is 13.1 Å². The molecular weight excluding hydrogens is 372 g/mol. The number of hydrogen-bond acceptors (Lipinski definition) is 3. The molecular formula is C23H35ClN2O2. The van der Waals surface area contributed by atoms with Crippen LogP contribution in [0.1, 0.15) is 74.2 Å². The molecule has 3 rings (SSSR count). The molecule has 5 heteroatoms. The van der Waals surface area contributed by atoms with E-state index in [-0.39, 0.29) is 12.0 Å². The van der Waals surface area contributed by atoms with Crippen molar-refractivity contribution in [1.29, 1.82) is 0 Å². The van der Waals surface area contributed by atoms with Crippen molar-refractivity contribution in [3.63, 3.8) is 0 Å². The molecule has 0 radical (unpaired) electrons. The first-order chi connectivity index (χ1) is 13.5. The molecule has 2 aliphatic rings. The van der Waals surface area contributed by atoms with Crippen LogP contribution >= 0.6 is 11.6 Å². The fourth-order valence-corrected chi connectivity index (χ4v) is 5.27. The number of fused-ring (bicyclic) bond motifs is 2. The third-order valence-corrected chi connectivity index (χ3v) is 6.85. The first-order valence-electron chi connectivity index (χ1n) is 10.9. The van der Waals surface area contributed by atoms with Gasteiger partial charge in [-0.2, -0.15) is 0 Å². The first-order valence-corrected chi connectivity index (χ1v) is 11.3. The molecule has 2 fully saturated rings. The van der Waals surface area contributed by atoms with E-state index in [1.807, 2.05) is 18.2 Å². The lowest BCUT2D eigenvalue weighted by Gasteiger charge is -2.45. The average molecular weight is 407 g/mol. The van der Waals surface area contributed by atoms with Crippen LogP contribution in [0.2, 0.25) is 5.02 Å². The molecule has 4 nitrogen and oxygen atoms in total. The largest absolute Gasteiger partial charge is 0.392 e. The summed E-state index contributed by atoms with van der Waals surface area (Å²) < 4.78 is 0. The van der Waals surface area contributed by atoms with Gasteiger partial charge in [0.25, 0.3) is 5.91 Å². The Hall–Kier alpha value is -1.10. The van der Waals surface area contributed by atoms with Gasteiger partial charge in [0.2, 0.25) is 0 Å². The molecule has 0 saturated heterocycles. The molecule has 0 spiro atoms. The van der Waals surface area contributed by atoms with Gasteiger partial charge in [0.05, 0.1) is 16.7 Å². The summed E-state index contributed by atoms with van der Waals surface area (Å²) >= 11 is 6.33. The maximum atomic E-state index is 12.8. The van der Waals surface area contributed by atoms with Crippen molar-refractivity contribution in [2.75, 3.05) is 19.6 Å². The maximum Gasteiger partial charge on any atom is 0.252 e. The fraction of sp³-hybridized carbons (Fsp3) is 0.696. The van der Waals surface area contributed by atoms with E-state index in [1.165, 1.54) is 44.9 Å². The Morgan fingerprint density at radius 3 is 2.79 bits per heavy atom. The number of hydrogen-bond donors (Lipinski definition) is 3. The summed E-state index contributed by atoms with van der Waals surface area (Å²) in [7, 11) is 0. The molecule has 1 amide bonds. The molecule has 0 heterocycles. The van der Waals surface area contributed by atoms with Gasteiger partial charge in [0.1, 0.15) is 0 Å². The lowest BCUT2D eigenvalue weighted by Crippen LogP contribution is -2.43. The van der Waals surface area contributed by atoms with E-state index < -0.39 is 0 Å². The summed E-state index contributed by atoms with van der Waals surface area (Å²) in [6.45, 7) is 4.01. The van der Waals surface area contributed by atoms with Gasteiger partial charge in [-0.1, -0.05) is 43.4 Å². The highest BCUT2D eigenvalue weighted by Crippen LogP contribution is 2.48. The van der Waals surface area contributed by atoms with E-state index in [0.717, 1.165) is 37.4 Å². The molecule has 28 heavy (non-hydrogen) atoms. The maximum absolute atomic E-state index is 12.8. The van der Waals surface area contributed by atoms with Crippen LogP contribution in [0.15, 0.2) is 18.2 Å². The normalized spacial score (nSPS) is 25.3. The molecule has 2 bridgehead atoms. The summed E-state index contributed by atoms with van der Waals surface area (Å²) in [5.41, 5.74) is 2.04. The van der Waals surface area contributed by atoms with Crippen LogP contribution in [0.5, 0.6) is 0 Å². The van der Waals surface area contributed by atoms with Crippen molar-refractivity contribution in [2.24, 2.45) is 11.3 Å². The second-order valence-corrected chi connectivity index (χ2v) is 9.42. The van der Waals surface area contributed by atoms with Crippen LogP contribution < -0.4 is 10.6 Å². The Morgan fingerprint density at radius 1 is 1.32 bits per heavy atom. The van der Waals surface area contributed by atoms with Gasteiger partial charge in [-0.3, -0.25) is 4.79 Å². The number of aryl methyl sites for hydroxylation is 1. The van der Waals surface area contributed by atoms with Gasteiger partial charge in [0.15, 0.2) is 0 Å². The lowest BCUT2D eigenvalue weighted by molar-refractivity contribution is 0.0681. The number of carbonyl (C=O) groups excluding carboxylic acids is 1. The molecule has 1 atom stereocenters. The zero-order valence-electron chi connectivity index (χ0n) is 17.1. The molecule has 2 saturated carbocycles. The Morgan fingerprint density at radius 2 is 2.07 bits per heavy atom. The van der Waals surface area contributed by atoms with Gasteiger partial charge >= 0.3 is 0 Å². The minimum atomic E-state index is -0.325. The number of rotatable bonds is 9. The molecule has 1 unspecified atom stereocenters. The monoisotopic (exact) mass is 406 g/mol. The van der Waals surface area contributed by atoms with E-state index in [4.69, 9.17) is 11.6 Å². The predicted octanol–water partition coefficient (Wildman–Crippen LogP) is 4.33. The molecule has 3 N–H and O–H groups in total. The van der Waals surface area contributed by atoms with Crippen LogP contribution in [0.3, 0.4) is 0 Å². The van der Waals surface area contributed by atoms with E-state index in [1.54, 1.807) is 6.92 Å². The number of benzene rings is 1. The number of carbonyl (C=O) groups is 1. The molecule has 0 aliphatic heterocycles. The van der Waals surface area contributed by atoms with E-state index in [9.17, 15) is 9.90 Å². The Labute approximate surface area is 174 Å². The SMILES string of the molecule is CC(O)CNCCCc1ccc(Cl)c(C(=O)NCC23CCCC(CCC2)C3)c1. The van der Waals surface area contributed by atoms with Crippen molar-refractivity contribution in [2.45, 2.75) is 70.8 Å². The van der Waals surface area contributed by atoms with Crippen LogP contribution in [-0.2, 0) is 6.42 Å². The number of amides is 1. The highest BCUT2D eigenvalue weighted by molar-refractivity contribution is 6.33. The Bertz CT molecular complexity index is 652. The summed E-state index contributed by atoms with van der Waals surface area (Å²) in [6, 6.07) is 5.78. The third-order valence-electron chi connectivity index (χ3n) is 6.52. The summed E-state index contributed by atoms with van der Waals surface area (Å²) in [5.74, 6) is 0.829. The number of aliphatic hydroxyl groups is 1. The molecule has 1 aromatic carbocycles. The second kappa shape index (κ2) is 10.1. The molecule has 1 aromatic rings. The topological polar surface area (TPSA) is 61.4 Å². The average Bonchev–Trinajstić information content (AvgIpc) is 2.67. The lowest BCUT2D eigenvalue weighted by atomic mass is 9.62. The molecule has 156 valence electrons. The fourth-order valence-electron chi connectivity index (χ4n) is 5.06. The van der Waals surface area contributed by atoms with Crippen molar-refractivity contribution in [1.82, 2.24) is 10.6 Å². The molecule has 0 aromatic heterocycles. The number of nitrogens with one attached hydrogen (secondary N) is 2. The smallest absolute Gasteiger partial charge is 0.252 e. The van der Waals surface area contributed by atoms with Crippen LogP contribution in [0.25, 0.3) is 0 Å². The van der Waals surface area contributed by atoms with Crippen molar-refractivity contribution in [3.8, 4) is 0 Å². The summed E-state index contributed by atoms with van der Waals surface area (Å²) in [4.78, 5) is 12.8. The minimum Gasteiger partial charge on any atom is -0.392 e. The van der Waals surface area contributed by atoms with Crippen LogP contribution in [0, 0.1) is 11.3 Å². The van der Waals surface area contributed by atoms with E-state index in [0.29, 0.717) is 22.5 Å². The third kappa shape index (κ3) is 5.95. The van der Waals surface area contributed by atoms with Crippen molar-refractivity contribution in [3.05, 3.63) is 34.3 Å². The van der Waals surface area contributed by atoms with E-state index in [2.05, 4.69) is 10.6 Å². The second-order valence-electron chi connectivity index (χ2n) is 9.01. The van der Waals surface area contributed by atoms with Gasteiger partial charge in [-0.25, -0.2) is 0 Å². The zero-order valence-corrected chi connectivity index (χ0v) is 17.9. The Balaban J connectivity index is 1.52. The number of halogens is 1. The molecule has 2 aliphatic carbocycles. The van der Waals surface area contributed by atoms with Crippen molar-refractivity contribution < 1.29 is 9.90 Å². The number of aliphatic hydroxyl groups excluding tert-OH is 1. The van der Waals surface area contributed by atoms with Crippen LogP contribution in [-0.4, -0.2) is 36.8 Å². The zero-order chi connectivity index (χ0) is 20.0. The van der Waals surface area contributed by atoms with Gasteiger partial charge < -0.3 is 15.7 Å². The van der Waals surface area contributed by atoms with Crippen molar-refractivity contribution >= 4 is 17.5 Å². The van der Waals surface area contributed by atoms with Gasteiger partial charge in [-0.15, -0.1) is 0 Å². The van der Waals surface area contributed by atoms with Crippen LogP contribution in [0.4, 0.5) is 0 Å². The minimum absolute atomic E-state index is 0.0406. The quantitative estimate of drug-likeness (QED) is 0.535. The Kier molecular flexibility index (Phi) is 7.78. The standard InChI is InChI=1S/C23H35ClN2O2/c1-17(27)15-25-12-4-7-18-8-9-21(24)20(13-18)22(28)26-16-23-10-2-5-19(14-23)6-3-11-23/h8-9,13,17,19,25,27H,2-7,10-12,14-16H2,1H3,(H,26,28).